The van der Waals surface area contributed by atoms with E-state index in [1.54, 1.807) is 0 Å². The normalized spacial score (nSPS) is 19.3. The highest BCUT2D eigenvalue weighted by Crippen LogP contribution is 2.12. The largest absolute Gasteiger partial charge is 0.355 e. The number of hydrogen-bond acceptors (Lipinski definition) is 2. The molecule has 1 N–H and O–H groups in total. The molecule has 1 aliphatic heterocycles. The van der Waals surface area contributed by atoms with Crippen LogP contribution >= 0.6 is 0 Å². The van der Waals surface area contributed by atoms with Crippen LogP contribution in [0, 0.1) is 0 Å². The van der Waals surface area contributed by atoms with Crippen molar-refractivity contribution in [1.82, 2.24) is 10.2 Å². The number of benzene rings is 1. The van der Waals surface area contributed by atoms with Crippen LogP contribution in [0.15, 0.2) is 30.3 Å². The van der Waals surface area contributed by atoms with E-state index < -0.39 is 0 Å². The van der Waals surface area contributed by atoms with E-state index >= 15 is 0 Å². The minimum Gasteiger partial charge on any atom is -0.355 e. The summed E-state index contributed by atoms with van der Waals surface area (Å²) < 4.78 is 0. The van der Waals surface area contributed by atoms with Crippen molar-refractivity contribution >= 4 is 6.41 Å². The molecule has 1 fully saturated rings. The van der Waals surface area contributed by atoms with E-state index in [9.17, 15) is 4.79 Å². The van der Waals surface area contributed by atoms with Gasteiger partial charge in [0.2, 0.25) is 6.41 Å². The van der Waals surface area contributed by atoms with E-state index in [1.807, 2.05) is 19.9 Å². The molecule has 17 heavy (non-hydrogen) atoms. The van der Waals surface area contributed by atoms with Crippen molar-refractivity contribution in [2.24, 2.45) is 0 Å². The summed E-state index contributed by atoms with van der Waals surface area (Å²) in [7, 11) is 0. The monoisotopic (exact) mass is 234 g/mol. The summed E-state index contributed by atoms with van der Waals surface area (Å²) in [5.74, 6) is 0. The molecule has 1 unspecified atom stereocenters. The molecule has 1 aromatic carbocycles. The molecular formula is C14H22N2O. The van der Waals surface area contributed by atoms with Gasteiger partial charge in [-0.2, -0.15) is 0 Å². The number of carbonyl (C=O) groups excluding carboxylic acids is 1. The van der Waals surface area contributed by atoms with Gasteiger partial charge in [0, 0.05) is 25.7 Å². The van der Waals surface area contributed by atoms with E-state index in [4.69, 9.17) is 0 Å². The fourth-order valence-electron chi connectivity index (χ4n) is 2.05. The SMILES string of the molecule is CC.O=CNC1CCN(Cc2ccccc2)C1. The molecule has 0 radical (unpaired) electrons. The number of amides is 1. The molecule has 1 saturated heterocycles. The van der Waals surface area contributed by atoms with Gasteiger partial charge < -0.3 is 5.32 Å². The van der Waals surface area contributed by atoms with Crippen LogP contribution < -0.4 is 5.32 Å². The lowest BCUT2D eigenvalue weighted by Crippen LogP contribution is -2.31. The Hall–Kier alpha value is -1.35. The van der Waals surface area contributed by atoms with Gasteiger partial charge in [0.1, 0.15) is 0 Å². The zero-order valence-corrected chi connectivity index (χ0v) is 10.7. The van der Waals surface area contributed by atoms with Crippen molar-refractivity contribution in [3.8, 4) is 0 Å². The van der Waals surface area contributed by atoms with Gasteiger partial charge in [-0.1, -0.05) is 44.2 Å². The number of nitrogens with one attached hydrogen (secondary N) is 1. The van der Waals surface area contributed by atoms with Gasteiger partial charge >= 0.3 is 0 Å². The highest BCUT2D eigenvalue weighted by molar-refractivity contribution is 5.46. The minimum atomic E-state index is 0.339. The molecular weight excluding hydrogens is 212 g/mol. The summed E-state index contributed by atoms with van der Waals surface area (Å²) in [6.45, 7) is 7.02. The van der Waals surface area contributed by atoms with Crippen LogP contribution in [0.3, 0.4) is 0 Å². The Balaban J connectivity index is 0.000000686. The third kappa shape index (κ3) is 4.57. The summed E-state index contributed by atoms with van der Waals surface area (Å²) in [5, 5.41) is 2.84. The molecule has 0 aliphatic carbocycles. The average Bonchev–Trinajstić information content (AvgIpc) is 2.81. The molecule has 3 nitrogen and oxygen atoms in total. The molecule has 1 atom stereocenters. The fourth-order valence-corrected chi connectivity index (χ4v) is 2.05. The Morgan fingerprint density at radius 2 is 2.06 bits per heavy atom. The summed E-state index contributed by atoms with van der Waals surface area (Å²) >= 11 is 0. The molecule has 1 heterocycles. The van der Waals surface area contributed by atoms with Crippen molar-refractivity contribution in [3.63, 3.8) is 0 Å². The first-order valence-electron chi connectivity index (χ1n) is 6.34. The predicted octanol–water partition coefficient (Wildman–Crippen LogP) is 2.03. The van der Waals surface area contributed by atoms with Gasteiger partial charge in [-0.25, -0.2) is 0 Å². The average molecular weight is 234 g/mol. The van der Waals surface area contributed by atoms with Gasteiger partial charge in [0.05, 0.1) is 0 Å². The molecule has 1 aromatic rings. The van der Waals surface area contributed by atoms with Crippen molar-refractivity contribution in [2.75, 3.05) is 13.1 Å². The van der Waals surface area contributed by atoms with E-state index in [0.717, 1.165) is 32.5 Å². The second-order valence-electron chi connectivity index (χ2n) is 3.99. The molecule has 94 valence electrons. The third-order valence-corrected chi connectivity index (χ3v) is 2.83. The maximum atomic E-state index is 10.3. The zero-order valence-electron chi connectivity index (χ0n) is 10.7. The first-order valence-corrected chi connectivity index (χ1v) is 6.34. The number of hydrogen-bond donors (Lipinski definition) is 1. The fraction of sp³-hybridized carbons (Fsp3) is 0.500. The molecule has 0 spiro atoms. The topological polar surface area (TPSA) is 32.3 Å². The Morgan fingerprint density at radius 1 is 1.35 bits per heavy atom. The van der Waals surface area contributed by atoms with Gasteiger partial charge in [-0.3, -0.25) is 9.69 Å². The van der Waals surface area contributed by atoms with Gasteiger partial charge in [-0.15, -0.1) is 0 Å². The zero-order chi connectivity index (χ0) is 12.5. The third-order valence-electron chi connectivity index (χ3n) is 2.83. The highest BCUT2D eigenvalue weighted by atomic mass is 16.1. The van der Waals surface area contributed by atoms with Crippen LogP contribution in [0.4, 0.5) is 0 Å². The highest BCUT2D eigenvalue weighted by Gasteiger charge is 2.21. The predicted molar refractivity (Wildman–Crippen MR) is 70.7 cm³/mol. The lowest BCUT2D eigenvalue weighted by molar-refractivity contribution is -0.110. The molecule has 2 rings (SSSR count). The number of carbonyl (C=O) groups is 1. The van der Waals surface area contributed by atoms with Crippen LogP contribution in [0.2, 0.25) is 0 Å². The van der Waals surface area contributed by atoms with Gasteiger partial charge in [0.15, 0.2) is 0 Å². The van der Waals surface area contributed by atoms with Crippen molar-refractivity contribution in [1.29, 1.82) is 0 Å². The number of likely N-dealkylation sites (tertiary alicyclic amines) is 1. The molecule has 3 heteroatoms. The quantitative estimate of drug-likeness (QED) is 0.809. The van der Waals surface area contributed by atoms with Crippen molar-refractivity contribution in [2.45, 2.75) is 32.9 Å². The Bertz CT molecular complexity index is 313. The summed E-state index contributed by atoms with van der Waals surface area (Å²) in [6.07, 6.45) is 1.86. The van der Waals surface area contributed by atoms with Crippen LogP contribution in [0.25, 0.3) is 0 Å². The van der Waals surface area contributed by atoms with Gasteiger partial charge in [0.25, 0.3) is 0 Å². The second kappa shape index (κ2) is 7.85. The summed E-state index contributed by atoms with van der Waals surface area (Å²) in [6, 6.07) is 10.8. The molecule has 0 aromatic heterocycles. The van der Waals surface area contributed by atoms with E-state index in [1.165, 1.54) is 5.56 Å². The Morgan fingerprint density at radius 3 is 2.71 bits per heavy atom. The Labute approximate surface area is 104 Å². The molecule has 0 saturated carbocycles. The van der Waals surface area contributed by atoms with E-state index in [0.29, 0.717) is 6.04 Å². The van der Waals surface area contributed by atoms with E-state index in [-0.39, 0.29) is 0 Å². The van der Waals surface area contributed by atoms with Crippen LogP contribution in [0.1, 0.15) is 25.8 Å². The van der Waals surface area contributed by atoms with Crippen LogP contribution in [-0.4, -0.2) is 30.4 Å². The Kier molecular flexibility index (Phi) is 6.33. The lowest BCUT2D eigenvalue weighted by Gasteiger charge is -2.15. The molecule has 1 aliphatic rings. The van der Waals surface area contributed by atoms with Crippen LogP contribution in [0.5, 0.6) is 0 Å². The van der Waals surface area contributed by atoms with Crippen molar-refractivity contribution < 1.29 is 4.79 Å². The summed E-state index contributed by atoms with van der Waals surface area (Å²) in [4.78, 5) is 12.7. The summed E-state index contributed by atoms with van der Waals surface area (Å²) in [5.41, 5.74) is 1.34. The van der Waals surface area contributed by atoms with Crippen molar-refractivity contribution in [3.05, 3.63) is 35.9 Å². The van der Waals surface area contributed by atoms with E-state index in [2.05, 4.69) is 34.5 Å². The number of rotatable bonds is 4. The van der Waals surface area contributed by atoms with Crippen LogP contribution in [-0.2, 0) is 11.3 Å². The molecule has 0 bridgehead atoms. The number of nitrogens with zero attached hydrogens (tertiary/aromatic N) is 1. The minimum absolute atomic E-state index is 0.339. The second-order valence-corrected chi connectivity index (χ2v) is 3.99. The maximum Gasteiger partial charge on any atom is 0.207 e. The maximum absolute atomic E-state index is 10.3. The lowest BCUT2D eigenvalue weighted by atomic mass is 10.2. The smallest absolute Gasteiger partial charge is 0.207 e. The van der Waals surface area contributed by atoms with Gasteiger partial charge in [-0.05, 0) is 12.0 Å². The molecule has 1 amide bonds. The first-order chi connectivity index (χ1) is 8.38. The standard InChI is InChI=1S/C12H16N2O.C2H6/c15-10-13-12-6-7-14(9-12)8-11-4-2-1-3-5-11;1-2/h1-5,10,12H,6-9H2,(H,13,15);1-2H3. The first kappa shape index (κ1) is 13.7.